The third kappa shape index (κ3) is 1.96. The first-order chi connectivity index (χ1) is 6.31. The minimum absolute atomic E-state index is 0.583. The van der Waals surface area contributed by atoms with E-state index >= 15 is 0 Å². The monoisotopic (exact) mass is 261 g/mol. The van der Waals surface area contributed by atoms with Crippen LogP contribution in [0.2, 0.25) is 0 Å². The lowest BCUT2D eigenvalue weighted by atomic mass is 10.1. The molecule has 1 aliphatic heterocycles. The predicted molar refractivity (Wildman–Crippen MR) is 58.1 cm³/mol. The van der Waals surface area contributed by atoms with Gasteiger partial charge in [-0.1, -0.05) is 0 Å². The van der Waals surface area contributed by atoms with Crippen molar-refractivity contribution < 1.29 is 4.74 Å². The summed E-state index contributed by atoms with van der Waals surface area (Å²) in [5.41, 5.74) is 5.59. The third-order valence-corrected chi connectivity index (χ3v) is 4.50. The molecule has 72 valence electrons. The van der Waals surface area contributed by atoms with Crippen molar-refractivity contribution in [3.8, 4) is 0 Å². The average Bonchev–Trinajstić information content (AvgIpc) is 2.72. The Morgan fingerprint density at radius 1 is 1.69 bits per heavy atom. The highest BCUT2D eigenvalue weighted by molar-refractivity contribution is 9.10. The predicted octanol–water partition coefficient (Wildman–Crippen LogP) is 2.47. The number of ether oxygens (including phenoxy) is 1. The molecule has 1 fully saturated rings. The number of hydrogen-bond donors (Lipinski definition) is 1. The van der Waals surface area contributed by atoms with Crippen LogP contribution in [0.5, 0.6) is 0 Å². The van der Waals surface area contributed by atoms with Gasteiger partial charge in [-0.05, 0) is 28.4 Å². The van der Waals surface area contributed by atoms with Gasteiger partial charge < -0.3 is 10.5 Å². The van der Waals surface area contributed by atoms with Gasteiger partial charge in [0.25, 0.3) is 0 Å². The zero-order chi connectivity index (χ0) is 9.26. The van der Waals surface area contributed by atoms with E-state index in [1.807, 2.05) is 0 Å². The van der Waals surface area contributed by atoms with Gasteiger partial charge in [0, 0.05) is 33.3 Å². The van der Waals surface area contributed by atoms with Crippen LogP contribution in [-0.4, -0.2) is 13.2 Å². The van der Waals surface area contributed by atoms with Crippen molar-refractivity contribution in [3.05, 3.63) is 20.3 Å². The average molecular weight is 262 g/mol. The second-order valence-corrected chi connectivity index (χ2v) is 5.21. The highest BCUT2D eigenvalue weighted by Gasteiger charge is 2.22. The lowest BCUT2D eigenvalue weighted by molar-refractivity contribution is 0.194. The van der Waals surface area contributed by atoms with E-state index in [4.69, 9.17) is 10.5 Å². The smallest absolute Gasteiger partial charge is 0.0543 e. The lowest BCUT2D eigenvalue weighted by Crippen LogP contribution is -1.94. The first-order valence-corrected chi connectivity index (χ1v) is 5.98. The molecule has 0 bridgehead atoms. The van der Waals surface area contributed by atoms with Crippen molar-refractivity contribution in [2.24, 2.45) is 5.73 Å². The van der Waals surface area contributed by atoms with Crippen molar-refractivity contribution in [1.29, 1.82) is 0 Å². The van der Waals surface area contributed by atoms with Crippen LogP contribution in [0.25, 0.3) is 0 Å². The fourth-order valence-corrected chi connectivity index (χ4v) is 3.60. The molecule has 4 heteroatoms. The van der Waals surface area contributed by atoms with E-state index < -0.39 is 0 Å². The summed E-state index contributed by atoms with van der Waals surface area (Å²) >= 11 is 5.37. The van der Waals surface area contributed by atoms with Crippen LogP contribution < -0.4 is 5.73 Å². The number of hydrogen-bond acceptors (Lipinski definition) is 3. The minimum Gasteiger partial charge on any atom is -0.381 e. The molecule has 0 radical (unpaired) electrons. The highest BCUT2D eigenvalue weighted by atomic mass is 79.9. The maximum Gasteiger partial charge on any atom is 0.0543 e. The van der Waals surface area contributed by atoms with Crippen LogP contribution in [0.3, 0.4) is 0 Å². The molecule has 13 heavy (non-hydrogen) atoms. The molecule has 1 saturated heterocycles. The fourth-order valence-electron chi connectivity index (χ4n) is 1.55. The molecule has 1 aromatic heterocycles. The number of halogens is 1. The topological polar surface area (TPSA) is 35.2 Å². The van der Waals surface area contributed by atoms with Gasteiger partial charge in [0.15, 0.2) is 0 Å². The fraction of sp³-hybridized carbons (Fsp3) is 0.556. The molecule has 2 heterocycles. The van der Waals surface area contributed by atoms with Crippen LogP contribution in [0, 0.1) is 0 Å². The summed E-state index contributed by atoms with van der Waals surface area (Å²) in [5, 5.41) is 0. The van der Waals surface area contributed by atoms with Gasteiger partial charge >= 0.3 is 0 Å². The third-order valence-electron chi connectivity index (χ3n) is 2.27. The van der Waals surface area contributed by atoms with Crippen molar-refractivity contribution >= 4 is 27.3 Å². The second-order valence-electron chi connectivity index (χ2n) is 3.19. The summed E-state index contributed by atoms with van der Waals surface area (Å²) in [6, 6.07) is 2.12. The molecule has 1 aliphatic rings. The van der Waals surface area contributed by atoms with Gasteiger partial charge in [-0.15, -0.1) is 11.3 Å². The van der Waals surface area contributed by atoms with Crippen molar-refractivity contribution in [2.45, 2.75) is 18.9 Å². The van der Waals surface area contributed by atoms with Gasteiger partial charge in [0.05, 0.1) is 6.61 Å². The highest BCUT2D eigenvalue weighted by Crippen LogP contribution is 2.37. The molecule has 0 aromatic carbocycles. The van der Waals surface area contributed by atoms with Crippen LogP contribution in [-0.2, 0) is 11.3 Å². The molecular formula is C9H12BrNOS. The van der Waals surface area contributed by atoms with E-state index in [-0.39, 0.29) is 0 Å². The summed E-state index contributed by atoms with van der Waals surface area (Å²) in [6.45, 7) is 2.40. The van der Waals surface area contributed by atoms with Crippen LogP contribution in [0.1, 0.15) is 22.1 Å². The summed E-state index contributed by atoms with van der Waals surface area (Å²) < 4.78 is 6.57. The summed E-state index contributed by atoms with van der Waals surface area (Å²) in [7, 11) is 0. The quantitative estimate of drug-likeness (QED) is 0.888. The Bertz CT molecular complexity index is 294. The summed E-state index contributed by atoms with van der Waals surface area (Å²) in [5.74, 6) is 0.583. The SMILES string of the molecule is NCc1cc(Br)c(C2CCOC2)s1. The van der Waals surface area contributed by atoms with E-state index in [0.717, 1.165) is 19.6 Å². The van der Waals surface area contributed by atoms with Crippen molar-refractivity contribution in [2.75, 3.05) is 13.2 Å². The first kappa shape index (κ1) is 9.65. The van der Waals surface area contributed by atoms with E-state index in [2.05, 4.69) is 22.0 Å². The van der Waals surface area contributed by atoms with Gasteiger partial charge in [-0.3, -0.25) is 0 Å². The number of rotatable bonds is 2. The normalized spacial score (nSPS) is 22.5. The Morgan fingerprint density at radius 3 is 3.08 bits per heavy atom. The molecule has 1 unspecified atom stereocenters. The Kier molecular flexibility index (Phi) is 3.03. The number of nitrogens with two attached hydrogens (primary N) is 1. The zero-order valence-electron chi connectivity index (χ0n) is 7.25. The molecule has 0 saturated carbocycles. The van der Waals surface area contributed by atoms with Gasteiger partial charge in [-0.25, -0.2) is 0 Å². The maximum absolute atomic E-state index is 5.59. The van der Waals surface area contributed by atoms with E-state index in [0.29, 0.717) is 12.5 Å². The molecule has 2 N–H and O–H groups in total. The maximum atomic E-state index is 5.59. The standard InChI is InChI=1S/C9H12BrNOS/c10-8-3-7(4-11)13-9(8)6-1-2-12-5-6/h3,6H,1-2,4-5,11H2. The Labute approximate surface area is 90.2 Å². The molecular weight excluding hydrogens is 250 g/mol. The Morgan fingerprint density at radius 2 is 2.54 bits per heavy atom. The minimum atomic E-state index is 0.583. The Hall–Kier alpha value is 0.1000. The largest absolute Gasteiger partial charge is 0.381 e. The van der Waals surface area contributed by atoms with Crippen molar-refractivity contribution in [1.82, 2.24) is 0 Å². The molecule has 2 rings (SSSR count). The van der Waals surface area contributed by atoms with Gasteiger partial charge in [-0.2, -0.15) is 0 Å². The summed E-state index contributed by atoms with van der Waals surface area (Å²) in [4.78, 5) is 2.65. The van der Waals surface area contributed by atoms with Gasteiger partial charge in [0.1, 0.15) is 0 Å². The lowest BCUT2D eigenvalue weighted by Gasteiger charge is -2.04. The molecule has 0 spiro atoms. The zero-order valence-corrected chi connectivity index (χ0v) is 9.66. The Balaban J connectivity index is 2.22. The van der Waals surface area contributed by atoms with Gasteiger partial charge in [0.2, 0.25) is 0 Å². The van der Waals surface area contributed by atoms with E-state index in [1.165, 1.54) is 14.2 Å². The van der Waals surface area contributed by atoms with E-state index in [9.17, 15) is 0 Å². The first-order valence-electron chi connectivity index (χ1n) is 4.37. The van der Waals surface area contributed by atoms with Crippen LogP contribution >= 0.6 is 27.3 Å². The van der Waals surface area contributed by atoms with Crippen molar-refractivity contribution in [3.63, 3.8) is 0 Å². The molecule has 1 aromatic rings. The summed E-state index contributed by atoms with van der Waals surface area (Å²) in [6.07, 6.45) is 1.14. The molecule has 0 amide bonds. The number of thiophene rings is 1. The van der Waals surface area contributed by atoms with Crippen LogP contribution in [0.4, 0.5) is 0 Å². The van der Waals surface area contributed by atoms with Crippen LogP contribution in [0.15, 0.2) is 10.5 Å². The molecule has 0 aliphatic carbocycles. The molecule has 1 atom stereocenters. The van der Waals surface area contributed by atoms with E-state index in [1.54, 1.807) is 11.3 Å². The molecule has 2 nitrogen and oxygen atoms in total. The second kappa shape index (κ2) is 4.09.